The molecule has 32 heavy (non-hydrogen) atoms. The zero-order valence-electron chi connectivity index (χ0n) is 18.1. The first-order chi connectivity index (χ1) is 15.6. The molecule has 0 saturated heterocycles. The summed E-state index contributed by atoms with van der Waals surface area (Å²) in [4.78, 5) is 30.0. The summed E-state index contributed by atoms with van der Waals surface area (Å²) in [7, 11) is 0. The molecule has 0 aliphatic carbocycles. The summed E-state index contributed by atoms with van der Waals surface area (Å²) in [5, 5.41) is 3.71. The minimum atomic E-state index is -0.368. The van der Waals surface area contributed by atoms with Gasteiger partial charge < -0.3 is 10.1 Å². The van der Waals surface area contributed by atoms with Crippen LogP contribution in [0.4, 0.5) is 5.69 Å². The van der Waals surface area contributed by atoms with Gasteiger partial charge in [-0.25, -0.2) is 9.78 Å². The molecule has 1 amide bonds. The monoisotopic (exact) mass is 424 g/mol. The van der Waals surface area contributed by atoms with Crippen molar-refractivity contribution < 1.29 is 14.3 Å². The number of nitrogens with one attached hydrogen (secondary N) is 1. The number of para-hydroxylation sites is 1. The lowest BCUT2D eigenvalue weighted by molar-refractivity contribution is 0.0505. The lowest BCUT2D eigenvalue weighted by atomic mass is 10.0. The van der Waals surface area contributed by atoms with E-state index in [4.69, 9.17) is 9.72 Å². The smallest absolute Gasteiger partial charge is 0.338 e. The average molecular weight is 425 g/mol. The van der Waals surface area contributed by atoms with E-state index in [2.05, 4.69) is 5.32 Å². The van der Waals surface area contributed by atoms with E-state index in [0.717, 1.165) is 34.1 Å². The van der Waals surface area contributed by atoms with Crippen molar-refractivity contribution in [2.75, 3.05) is 11.9 Å². The third kappa shape index (κ3) is 4.52. The molecule has 3 aromatic carbocycles. The van der Waals surface area contributed by atoms with Crippen LogP contribution in [0.25, 0.3) is 22.2 Å². The highest BCUT2D eigenvalue weighted by molar-refractivity contribution is 6.13. The van der Waals surface area contributed by atoms with Gasteiger partial charge in [0.05, 0.1) is 28.9 Å². The number of benzene rings is 3. The Kier molecular flexibility index (Phi) is 6.26. The molecule has 0 saturated carbocycles. The maximum atomic E-state index is 13.2. The van der Waals surface area contributed by atoms with Crippen molar-refractivity contribution in [3.05, 3.63) is 95.6 Å². The Labute approximate surface area is 187 Å². The van der Waals surface area contributed by atoms with E-state index in [1.165, 1.54) is 0 Å². The number of hydrogen-bond acceptors (Lipinski definition) is 4. The first-order valence-electron chi connectivity index (χ1n) is 10.6. The maximum absolute atomic E-state index is 13.2. The van der Waals surface area contributed by atoms with Crippen LogP contribution < -0.4 is 5.32 Å². The number of ether oxygens (including phenoxy) is 1. The topological polar surface area (TPSA) is 68.3 Å². The molecule has 4 aromatic rings. The summed E-state index contributed by atoms with van der Waals surface area (Å²) in [5.74, 6) is -0.604. The summed E-state index contributed by atoms with van der Waals surface area (Å²) in [6.45, 7) is 4.36. The van der Waals surface area contributed by atoms with Crippen molar-refractivity contribution in [3.63, 3.8) is 0 Å². The second kappa shape index (κ2) is 9.43. The van der Waals surface area contributed by atoms with E-state index in [1.807, 2.05) is 68.4 Å². The molecule has 1 N–H and O–H groups in total. The number of carbonyl (C=O) groups excluding carboxylic acids is 2. The van der Waals surface area contributed by atoms with Gasteiger partial charge in [-0.05, 0) is 55.3 Å². The number of amides is 1. The normalized spacial score (nSPS) is 10.7. The Balaban J connectivity index is 1.65. The minimum Gasteiger partial charge on any atom is -0.462 e. The van der Waals surface area contributed by atoms with Crippen molar-refractivity contribution >= 4 is 28.5 Å². The number of nitrogens with zero attached hydrogens (tertiary/aromatic N) is 1. The van der Waals surface area contributed by atoms with E-state index < -0.39 is 0 Å². The fourth-order valence-electron chi connectivity index (χ4n) is 3.53. The molecule has 0 radical (unpaired) electrons. The Bertz CT molecular complexity index is 1280. The zero-order valence-corrected chi connectivity index (χ0v) is 18.1. The van der Waals surface area contributed by atoms with Crippen LogP contribution in [0.15, 0.2) is 78.9 Å². The lowest BCUT2D eigenvalue weighted by Gasteiger charge is -2.12. The van der Waals surface area contributed by atoms with Gasteiger partial charge in [-0.2, -0.15) is 0 Å². The SMILES string of the molecule is CCCOC(=O)c1ccc(NC(=O)c2cc(-c3ccccc3C)nc3ccccc23)cc1. The number of aromatic nitrogens is 1. The summed E-state index contributed by atoms with van der Waals surface area (Å²) < 4.78 is 5.15. The Morgan fingerprint density at radius 3 is 2.41 bits per heavy atom. The highest BCUT2D eigenvalue weighted by Gasteiger charge is 2.15. The minimum absolute atomic E-state index is 0.236. The summed E-state index contributed by atoms with van der Waals surface area (Å²) in [5.41, 5.74) is 5.18. The number of hydrogen-bond donors (Lipinski definition) is 1. The van der Waals surface area contributed by atoms with Crippen LogP contribution in [0, 0.1) is 6.92 Å². The van der Waals surface area contributed by atoms with Gasteiger partial charge in [0, 0.05) is 16.6 Å². The van der Waals surface area contributed by atoms with Crippen LogP contribution in [0.1, 0.15) is 39.6 Å². The van der Waals surface area contributed by atoms with Crippen molar-refractivity contribution in [1.82, 2.24) is 4.98 Å². The fraction of sp³-hybridized carbons (Fsp3) is 0.148. The van der Waals surface area contributed by atoms with Crippen molar-refractivity contribution in [1.29, 1.82) is 0 Å². The van der Waals surface area contributed by atoms with E-state index in [9.17, 15) is 9.59 Å². The van der Waals surface area contributed by atoms with Crippen LogP contribution >= 0.6 is 0 Å². The highest BCUT2D eigenvalue weighted by atomic mass is 16.5. The molecular formula is C27H24N2O3. The third-order valence-corrected chi connectivity index (χ3v) is 5.20. The van der Waals surface area contributed by atoms with Crippen LogP contribution in [0.5, 0.6) is 0 Å². The van der Waals surface area contributed by atoms with Gasteiger partial charge in [0.1, 0.15) is 0 Å². The molecule has 4 rings (SSSR count). The standard InChI is InChI=1S/C27H24N2O3/c1-3-16-32-27(31)19-12-14-20(15-13-19)28-26(30)23-17-25(21-9-5-4-8-18(21)2)29-24-11-7-6-10-22(23)24/h4-15,17H,3,16H2,1-2H3,(H,28,30). The number of fused-ring (bicyclic) bond motifs is 1. The number of pyridine rings is 1. The van der Waals surface area contributed by atoms with Gasteiger partial charge >= 0.3 is 5.97 Å². The number of aryl methyl sites for hydroxylation is 1. The number of rotatable bonds is 6. The molecule has 0 fully saturated rings. The van der Waals surface area contributed by atoms with Gasteiger partial charge in [-0.15, -0.1) is 0 Å². The molecular weight excluding hydrogens is 400 g/mol. The van der Waals surface area contributed by atoms with E-state index >= 15 is 0 Å². The second-order valence-corrected chi connectivity index (χ2v) is 7.55. The van der Waals surface area contributed by atoms with Crippen LogP contribution in [-0.4, -0.2) is 23.5 Å². The Hall–Kier alpha value is -3.99. The average Bonchev–Trinajstić information content (AvgIpc) is 2.82. The molecule has 1 heterocycles. The molecule has 160 valence electrons. The van der Waals surface area contributed by atoms with Crippen molar-refractivity contribution in [2.45, 2.75) is 20.3 Å². The third-order valence-electron chi connectivity index (χ3n) is 5.20. The molecule has 5 heteroatoms. The fourth-order valence-corrected chi connectivity index (χ4v) is 3.53. The maximum Gasteiger partial charge on any atom is 0.338 e. The number of anilines is 1. The lowest BCUT2D eigenvalue weighted by Crippen LogP contribution is -2.13. The summed E-state index contributed by atoms with van der Waals surface area (Å²) in [6.07, 6.45) is 0.768. The van der Waals surface area contributed by atoms with Gasteiger partial charge in [-0.1, -0.05) is 49.4 Å². The predicted molar refractivity (Wildman–Crippen MR) is 127 cm³/mol. The van der Waals surface area contributed by atoms with Crippen molar-refractivity contribution in [3.8, 4) is 11.3 Å². The molecule has 0 aliphatic heterocycles. The largest absolute Gasteiger partial charge is 0.462 e. The van der Waals surface area contributed by atoms with E-state index in [0.29, 0.717) is 23.4 Å². The van der Waals surface area contributed by atoms with E-state index in [1.54, 1.807) is 24.3 Å². The molecule has 0 unspecified atom stereocenters. The van der Waals surface area contributed by atoms with Crippen LogP contribution in [0.3, 0.4) is 0 Å². The van der Waals surface area contributed by atoms with E-state index in [-0.39, 0.29) is 11.9 Å². The number of esters is 1. The first-order valence-corrected chi connectivity index (χ1v) is 10.6. The van der Waals surface area contributed by atoms with Gasteiger partial charge in [0.25, 0.3) is 5.91 Å². The summed E-state index contributed by atoms with van der Waals surface area (Å²) in [6, 6.07) is 24.1. The zero-order chi connectivity index (χ0) is 22.5. The molecule has 1 aromatic heterocycles. The van der Waals surface area contributed by atoms with Gasteiger partial charge in [-0.3, -0.25) is 4.79 Å². The molecule has 0 spiro atoms. The Morgan fingerprint density at radius 1 is 0.938 bits per heavy atom. The summed E-state index contributed by atoms with van der Waals surface area (Å²) >= 11 is 0. The number of carbonyl (C=O) groups is 2. The predicted octanol–water partition coefficient (Wildman–Crippen LogP) is 6.03. The van der Waals surface area contributed by atoms with Gasteiger partial charge in [0.2, 0.25) is 0 Å². The molecule has 0 aliphatic rings. The van der Waals surface area contributed by atoms with Crippen molar-refractivity contribution in [2.24, 2.45) is 0 Å². The molecule has 0 bridgehead atoms. The molecule has 5 nitrogen and oxygen atoms in total. The van der Waals surface area contributed by atoms with Crippen LogP contribution in [0.2, 0.25) is 0 Å². The first kappa shape index (κ1) is 21.2. The second-order valence-electron chi connectivity index (χ2n) is 7.55. The quantitative estimate of drug-likeness (QED) is 0.384. The van der Waals surface area contributed by atoms with Gasteiger partial charge in [0.15, 0.2) is 0 Å². The van der Waals surface area contributed by atoms with Crippen LogP contribution in [-0.2, 0) is 4.74 Å². The Morgan fingerprint density at radius 2 is 1.66 bits per heavy atom. The molecule has 0 atom stereocenters. The highest BCUT2D eigenvalue weighted by Crippen LogP contribution is 2.27.